The van der Waals surface area contributed by atoms with E-state index in [1.165, 1.54) is 28.6 Å². The number of rotatable bonds is 7. The third-order valence-electron chi connectivity index (χ3n) is 4.46. The van der Waals surface area contributed by atoms with Gasteiger partial charge in [0, 0.05) is 36.6 Å². The van der Waals surface area contributed by atoms with Crippen LogP contribution in [-0.4, -0.2) is 10.5 Å². The molecule has 3 rings (SSSR count). The highest BCUT2D eigenvalue weighted by molar-refractivity contribution is 5.84. The molecule has 0 atom stereocenters. The van der Waals surface area contributed by atoms with Crippen LogP contribution >= 0.6 is 0 Å². The molecule has 1 aromatic heterocycles. The molecular weight excluding hydrogens is 315 g/mol. The Bertz CT molecular complexity index is 852. The Hall–Kier alpha value is -2.62. The highest BCUT2D eigenvalue weighted by atomic mass is 19.1. The Morgan fingerprint density at radius 1 is 1.12 bits per heavy atom. The van der Waals surface area contributed by atoms with Crippen LogP contribution in [0.3, 0.4) is 0 Å². The van der Waals surface area contributed by atoms with Crippen molar-refractivity contribution < 1.29 is 9.18 Å². The van der Waals surface area contributed by atoms with Gasteiger partial charge in [0.15, 0.2) is 0 Å². The molecule has 0 aliphatic carbocycles. The number of fused-ring (bicyclic) bond motifs is 1. The molecule has 0 saturated heterocycles. The van der Waals surface area contributed by atoms with Crippen LogP contribution in [-0.2, 0) is 24.3 Å². The Labute approximate surface area is 147 Å². The number of benzene rings is 2. The highest BCUT2D eigenvalue weighted by Crippen LogP contribution is 2.22. The number of carbonyl (C=O) groups is 1. The van der Waals surface area contributed by atoms with Crippen molar-refractivity contribution in [3.05, 3.63) is 71.7 Å². The van der Waals surface area contributed by atoms with Gasteiger partial charge in [-0.1, -0.05) is 30.3 Å². The summed E-state index contributed by atoms with van der Waals surface area (Å²) < 4.78 is 15.1. The van der Waals surface area contributed by atoms with Gasteiger partial charge in [0.2, 0.25) is 5.91 Å². The van der Waals surface area contributed by atoms with Crippen LogP contribution in [0.2, 0.25) is 0 Å². The number of hydrogen-bond donors (Lipinski definition) is 1. The minimum absolute atomic E-state index is 0.0311. The summed E-state index contributed by atoms with van der Waals surface area (Å²) in [5.74, 6) is -0.232. The summed E-state index contributed by atoms with van der Waals surface area (Å²) in [7, 11) is 0. The smallest absolute Gasteiger partial charge is 0.220 e. The average molecular weight is 338 g/mol. The minimum atomic E-state index is -0.263. The molecule has 0 aliphatic rings. The molecule has 0 bridgehead atoms. The van der Waals surface area contributed by atoms with Crippen molar-refractivity contribution in [3.63, 3.8) is 0 Å². The van der Waals surface area contributed by atoms with E-state index in [4.69, 9.17) is 0 Å². The van der Waals surface area contributed by atoms with Crippen LogP contribution < -0.4 is 5.32 Å². The van der Waals surface area contributed by atoms with Crippen LogP contribution in [0.1, 0.15) is 30.9 Å². The first kappa shape index (κ1) is 17.2. The number of halogens is 1. The SMILES string of the molecule is CCn1cc(CCCC(=O)NCc2ccc(F)cc2)c2ccccc21. The van der Waals surface area contributed by atoms with Crippen molar-refractivity contribution in [2.24, 2.45) is 0 Å². The predicted molar refractivity (Wildman–Crippen MR) is 98.8 cm³/mol. The van der Waals surface area contributed by atoms with Crippen molar-refractivity contribution in [1.82, 2.24) is 9.88 Å². The number of nitrogens with zero attached hydrogens (tertiary/aromatic N) is 1. The number of aryl methyl sites for hydroxylation is 2. The van der Waals surface area contributed by atoms with Gasteiger partial charge < -0.3 is 9.88 Å². The maximum atomic E-state index is 12.9. The van der Waals surface area contributed by atoms with E-state index in [0.717, 1.165) is 24.9 Å². The summed E-state index contributed by atoms with van der Waals surface area (Å²) in [4.78, 5) is 12.0. The summed E-state index contributed by atoms with van der Waals surface area (Å²) in [6.07, 6.45) is 4.39. The molecule has 2 aromatic carbocycles. The molecule has 0 saturated carbocycles. The van der Waals surface area contributed by atoms with E-state index in [-0.39, 0.29) is 11.7 Å². The Morgan fingerprint density at radius 2 is 1.88 bits per heavy atom. The number of nitrogens with one attached hydrogen (secondary N) is 1. The standard InChI is InChI=1S/C21H23FN2O/c1-2-24-15-17(19-7-3-4-8-20(19)24)6-5-9-21(25)23-14-16-10-12-18(22)13-11-16/h3-4,7-8,10-13,15H,2,5-6,9,14H2,1H3,(H,23,25). The van der Waals surface area contributed by atoms with Gasteiger partial charge in [-0.25, -0.2) is 4.39 Å². The number of carbonyl (C=O) groups excluding carboxylic acids is 1. The average Bonchev–Trinajstić information content (AvgIpc) is 2.99. The third-order valence-corrected chi connectivity index (χ3v) is 4.46. The van der Waals surface area contributed by atoms with Gasteiger partial charge >= 0.3 is 0 Å². The molecule has 25 heavy (non-hydrogen) atoms. The first-order valence-corrected chi connectivity index (χ1v) is 8.75. The first-order valence-electron chi connectivity index (χ1n) is 8.75. The van der Waals surface area contributed by atoms with Crippen LogP contribution in [0.25, 0.3) is 10.9 Å². The number of para-hydroxylation sites is 1. The molecule has 3 nitrogen and oxygen atoms in total. The van der Waals surface area contributed by atoms with Crippen molar-refractivity contribution >= 4 is 16.8 Å². The molecule has 0 aliphatic heterocycles. The van der Waals surface area contributed by atoms with Crippen LogP contribution in [0.15, 0.2) is 54.7 Å². The normalized spacial score (nSPS) is 11.0. The van der Waals surface area contributed by atoms with E-state index in [1.807, 2.05) is 0 Å². The zero-order chi connectivity index (χ0) is 17.6. The Kier molecular flexibility index (Phi) is 5.49. The lowest BCUT2D eigenvalue weighted by Crippen LogP contribution is -2.22. The van der Waals surface area contributed by atoms with Gasteiger partial charge in [-0.2, -0.15) is 0 Å². The van der Waals surface area contributed by atoms with Crippen LogP contribution in [0, 0.1) is 5.82 Å². The van der Waals surface area contributed by atoms with Gasteiger partial charge in [-0.05, 0) is 49.1 Å². The summed E-state index contributed by atoms with van der Waals surface area (Å²) in [6, 6.07) is 14.6. The largest absolute Gasteiger partial charge is 0.352 e. The monoisotopic (exact) mass is 338 g/mol. The fourth-order valence-electron chi connectivity index (χ4n) is 3.11. The third kappa shape index (κ3) is 4.27. The maximum absolute atomic E-state index is 12.9. The lowest BCUT2D eigenvalue weighted by atomic mass is 10.1. The minimum Gasteiger partial charge on any atom is -0.352 e. The first-order chi connectivity index (χ1) is 12.2. The Morgan fingerprint density at radius 3 is 2.64 bits per heavy atom. The zero-order valence-electron chi connectivity index (χ0n) is 14.5. The molecule has 1 amide bonds. The fraction of sp³-hybridized carbons (Fsp3) is 0.286. The van der Waals surface area contributed by atoms with Gasteiger partial charge in [0.1, 0.15) is 5.82 Å². The van der Waals surface area contributed by atoms with E-state index in [2.05, 4.69) is 47.3 Å². The predicted octanol–water partition coefficient (Wildman–Crippen LogP) is 4.44. The molecule has 0 fully saturated rings. The second-order valence-corrected chi connectivity index (χ2v) is 6.21. The summed E-state index contributed by atoms with van der Waals surface area (Å²) in [5.41, 5.74) is 3.45. The molecule has 130 valence electrons. The molecule has 1 heterocycles. The van der Waals surface area contributed by atoms with Gasteiger partial charge in [0.05, 0.1) is 0 Å². The summed E-state index contributed by atoms with van der Waals surface area (Å²) in [5, 5.41) is 4.17. The van der Waals surface area contributed by atoms with E-state index in [0.29, 0.717) is 13.0 Å². The zero-order valence-corrected chi connectivity index (χ0v) is 14.5. The fourth-order valence-corrected chi connectivity index (χ4v) is 3.11. The second kappa shape index (κ2) is 7.97. The van der Waals surface area contributed by atoms with E-state index >= 15 is 0 Å². The van der Waals surface area contributed by atoms with Crippen LogP contribution in [0.4, 0.5) is 4.39 Å². The second-order valence-electron chi connectivity index (χ2n) is 6.21. The van der Waals surface area contributed by atoms with Gasteiger partial charge in [-0.15, -0.1) is 0 Å². The van der Waals surface area contributed by atoms with E-state index in [9.17, 15) is 9.18 Å². The van der Waals surface area contributed by atoms with Crippen molar-refractivity contribution in [3.8, 4) is 0 Å². The topological polar surface area (TPSA) is 34.0 Å². The Balaban J connectivity index is 1.51. The van der Waals surface area contributed by atoms with Gasteiger partial charge in [-0.3, -0.25) is 4.79 Å². The molecular formula is C21H23FN2O. The lowest BCUT2D eigenvalue weighted by molar-refractivity contribution is -0.121. The molecule has 0 radical (unpaired) electrons. The quantitative estimate of drug-likeness (QED) is 0.679. The van der Waals surface area contributed by atoms with Crippen LogP contribution in [0.5, 0.6) is 0 Å². The summed E-state index contributed by atoms with van der Waals surface area (Å²) >= 11 is 0. The molecule has 0 spiro atoms. The van der Waals surface area contributed by atoms with Crippen molar-refractivity contribution in [2.75, 3.05) is 0 Å². The molecule has 0 unspecified atom stereocenters. The molecule has 1 N–H and O–H groups in total. The molecule has 4 heteroatoms. The maximum Gasteiger partial charge on any atom is 0.220 e. The number of amides is 1. The summed E-state index contributed by atoms with van der Waals surface area (Å²) in [6.45, 7) is 3.52. The molecule has 3 aromatic rings. The highest BCUT2D eigenvalue weighted by Gasteiger charge is 2.08. The lowest BCUT2D eigenvalue weighted by Gasteiger charge is -2.05. The number of hydrogen-bond acceptors (Lipinski definition) is 1. The van der Waals surface area contributed by atoms with E-state index in [1.54, 1.807) is 12.1 Å². The van der Waals surface area contributed by atoms with E-state index < -0.39 is 0 Å². The van der Waals surface area contributed by atoms with Crippen molar-refractivity contribution in [1.29, 1.82) is 0 Å². The van der Waals surface area contributed by atoms with Crippen molar-refractivity contribution in [2.45, 2.75) is 39.3 Å². The van der Waals surface area contributed by atoms with Gasteiger partial charge in [0.25, 0.3) is 0 Å². The number of aromatic nitrogens is 1.